The summed E-state index contributed by atoms with van der Waals surface area (Å²) in [5, 5.41) is 0.541. The monoisotopic (exact) mass is 474 g/mol. The third kappa shape index (κ3) is 5.41. The van der Waals surface area contributed by atoms with E-state index in [1.165, 1.54) is 0 Å². The minimum absolute atomic E-state index is 0.366. The summed E-state index contributed by atoms with van der Waals surface area (Å²) in [5.74, 6) is 0.214. The van der Waals surface area contributed by atoms with E-state index < -0.39 is 11.7 Å². The second kappa shape index (κ2) is 7.31. The van der Waals surface area contributed by atoms with Crippen LogP contribution in [0.5, 0.6) is 5.75 Å². The average molecular weight is 476 g/mol. The summed E-state index contributed by atoms with van der Waals surface area (Å²) in [6.07, 6.45) is -0.112. The van der Waals surface area contributed by atoms with Gasteiger partial charge in [-0.1, -0.05) is 18.5 Å². The molecule has 3 nitrogen and oxygen atoms in total. The molecule has 20 heavy (non-hydrogen) atoms. The Kier molecular flexibility index (Phi) is 6.60. The number of esters is 1. The van der Waals surface area contributed by atoms with Crippen molar-refractivity contribution in [3.63, 3.8) is 0 Å². The van der Waals surface area contributed by atoms with Crippen molar-refractivity contribution in [2.45, 2.75) is 45.8 Å². The van der Waals surface area contributed by atoms with Crippen LogP contribution >= 0.6 is 50.1 Å². The van der Waals surface area contributed by atoms with Gasteiger partial charge in [0.25, 0.3) is 0 Å². The summed E-state index contributed by atoms with van der Waals surface area (Å²) in [6, 6.07) is 3.54. The number of carbonyl (C=O) groups is 1. The molecule has 1 atom stereocenters. The molecule has 6 heteroatoms. The number of ether oxygens (including phenoxy) is 2. The first-order valence-corrected chi connectivity index (χ1v) is 8.43. The first-order chi connectivity index (χ1) is 9.14. The zero-order valence-corrected chi connectivity index (χ0v) is 16.3. The molecule has 0 N–H and O–H groups in total. The van der Waals surface area contributed by atoms with Gasteiger partial charge in [-0.15, -0.1) is 0 Å². The van der Waals surface area contributed by atoms with Crippen LogP contribution in [0.15, 0.2) is 16.6 Å². The maximum atomic E-state index is 12.1. The van der Waals surface area contributed by atoms with Crippen molar-refractivity contribution in [3.8, 4) is 5.75 Å². The summed E-state index contributed by atoms with van der Waals surface area (Å²) in [6.45, 7) is 7.37. The highest BCUT2D eigenvalue weighted by atomic mass is 127. The van der Waals surface area contributed by atoms with E-state index in [4.69, 9.17) is 21.1 Å². The molecule has 0 aliphatic heterocycles. The molecule has 112 valence electrons. The molecule has 0 spiro atoms. The van der Waals surface area contributed by atoms with E-state index in [0.29, 0.717) is 17.2 Å². The molecule has 0 amide bonds. The fourth-order valence-electron chi connectivity index (χ4n) is 1.41. The van der Waals surface area contributed by atoms with Crippen molar-refractivity contribution in [3.05, 3.63) is 25.2 Å². The summed E-state index contributed by atoms with van der Waals surface area (Å²) in [4.78, 5) is 12.1. The molecule has 0 saturated carbocycles. The van der Waals surface area contributed by atoms with Crippen molar-refractivity contribution >= 4 is 56.1 Å². The Hall–Kier alpha value is -0.0100. The minimum Gasteiger partial charge on any atom is -0.478 e. The number of hydrogen-bond donors (Lipinski definition) is 0. The van der Waals surface area contributed by atoms with E-state index in [-0.39, 0.29) is 5.97 Å². The summed E-state index contributed by atoms with van der Waals surface area (Å²) in [7, 11) is 0. The number of carbonyl (C=O) groups excluding carboxylic acids is 1. The molecule has 0 radical (unpaired) electrons. The predicted molar refractivity (Wildman–Crippen MR) is 92.4 cm³/mol. The molecular formula is C14H17BrClIO3. The SMILES string of the molecule is CCC(Oc1cc(Cl)c(Br)cc1I)C(=O)OC(C)(C)C. The Bertz CT molecular complexity index is 500. The lowest BCUT2D eigenvalue weighted by Gasteiger charge is -2.24. The zero-order valence-electron chi connectivity index (χ0n) is 11.8. The van der Waals surface area contributed by atoms with Gasteiger partial charge in [0, 0.05) is 10.5 Å². The molecule has 0 bridgehead atoms. The summed E-state index contributed by atoms with van der Waals surface area (Å²) < 4.78 is 12.8. The highest BCUT2D eigenvalue weighted by Crippen LogP contribution is 2.32. The highest BCUT2D eigenvalue weighted by molar-refractivity contribution is 14.1. The fourth-order valence-corrected chi connectivity index (χ4v) is 2.93. The third-order valence-corrected chi connectivity index (χ3v) is 4.32. The summed E-state index contributed by atoms with van der Waals surface area (Å²) in [5.41, 5.74) is -0.529. The maximum Gasteiger partial charge on any atom is 0.347 e. The van der Waals surface area contributed by atoms with Crippen LogP contribution in [0.25, 0.3) is 0 Å². The Morgan fingerprint density at radius 1 is 1.45 bits per heavy atom. The van der Waals surface area contributed by atoms with Gasteiger partial charge in [0.1, 0.15) is 11.4 Å². The van der Waals surface area contributed by atoms with E-state index in [1.54, 1.807) is 6.07 Å². The van der Waals surface area contributed by atoms with Crippen molar-refractivity contribution in [1.29, 1.82) is 0 Å². The molecule has 0 aromatic heterocycles. The molecule has 0 aliphatic carbocycles. The Morgan fingerprint density at radius 2 is 2.05 bits per heavy atom. The number of rotatable bonds is 4. The van der Waals surface area contributed by atoms with Gasteiger partial charge in [-0.05, 0) is 71.8 Å². The van der Waals surface area contributed by atoms with Gasteiger partial charge < -0.3 is 9.47 Å². The molecule has 0 aliphatic rings. The lowest BCUT2D eigenvalue weighted by atomic mass is 10.2. The van der Waals surface area contributed by atoms with Gasteiger partial charge in [0.15, 0.2) is 6.10 Å². The highest BCUT2D eigenvalue weighted by Gasteiger charge is 2.26. The van der Waals surface area contributed by atoms with Crippen molar-refractivity contribution < 1.29 is 14.3 Å². The molecular weight excluding hydrogens is 458 g/mol. The molecule has 1 aromatic rings. The van der Waals surface area contributed by atoms with Crippen LogP contribution in [0.1, 0.15) is 34.1 Å². The lowest BCUT2D eigenvalue weighted by Crippen LogP contribution is -2.35. The van der Waals surface area contributed by atoms with Crippen LogP contribution in [-0.2, 0) is 9.53 Å². The zero-order chi connectivity index (χ0) is 15.5. The average Bonchev–Trinajstić information content (AvgIpc) is 2.29. The van der Waals surface area contributed by atoms with Crippen molar-refractivity contribution in [2.75, 3.05) is 0 Å². The van der Waals surface area contributed by atoms with E-state index in [1.807, 2.05) is 33.8 Å². The first-order valence-electron chi connectivity index (χ1n) is 6.18. The van der Waals surface area contributed by atoms with Gasteiger partial charge in [0.05, 0.1) is 8.59 Å². The van der Waals surface area contributed by atoms with E-state index in [2.05, 4.69) is 38.5 Å². The summed E-state index contributed by atoms with van der Waals surface area (Å²) >= 11 is 11.5. The quantitative estimate of drug-likeness (QED) is 0.341. The molecule has 1 rings (SSSR count). The largest absolute Gasteiger partial charge is 0.478 e. The van der Waals surface area contributed by atoms with Crippen LogP contribution in [-0.4, -0.2) is 17.7 Å². The van der Waals surface area contributed by atoms with Gasteiger partial charge >= 0.3 is 5.97 Å². The first kappa shape index (κ1) is 18.0. The Morgan fingerprint density at radius 3 is 2.55 bits per heavy atom. The molecule has 0 heterocycles. The number of halogens is 3. The fraction of sp³-hybridized carbons (Fsp3) is 0.500. The van der Waals surface area contributed by atoms with Crippen LogP contribution < -0.4 is 4.74 Å². The number of benzene rings is 1. The second-order valence-electron chi connectivity index (χ2n) is 5.24. The Balaban J connectivity index is 2.89. The van der Waals surface area contributed by atoms with Gasteiger partial charge in [0.2, 0.25) is 0 Å². The van der Waals surface area contributed by atoms with Gasteiger partial charge in [-0.25, -0.2) is 4.79 Å². The minimum atomic E-state index is -0.639. The number of hydrogen-bond acceptors (Lipinski definition) is 3. The van der Waals surface area contributed by atoms with E-state index in [9.17, 15) is 4.79 Å². The van der Waals surface area contributed by atoms with Gasteiger partial charge in [-0.2, -0.15) is 0 Å². The normalized spacial score (nSPS) is 12.9. The molecule has 0 saturated heterocycles. The third-order valence-electron chi connectivity index (χ3n) is 2.28. The van der Waals surface area contributed by atoms with Crippen molar-refractivity contribution in [2.24, 2.45) is 0 Å². The van der Waals surface area contributed by atoms with E-state index in [0.717, 1.165) is 8.04 Å². The second-order valence-corrected chi connectivity index (χ2v) is 7.67. The molecule has 1 unspecified atom stereocenters. The molecule has 1 aromatic carbocycles. The van der Waals surface area contributed by atoms with Crippen LogP contribution in [0.2, 0.25) is 5.02 Å². The van der Waals surface area contributed by atoms with Crippen LogP contribution in [0.4, 0.5) is 0 Å². The lowest BCUT2D eigenvalue weighted by molar-refractivity contribution is -0.163. The van der Waals surface area contributed by atoms with Gasteiger partial charge in [-0.3, -0.25) is 0 Å². The van der Waals surface area contributed by atoms with Crippen LogP contribution in [0, 0.1) is 3.57 Å². The maximum absolute atomic E-state index is 12.1. The Labute approximate surface area is 146 Å². The smallest absolute Gasteiger partial charge is 0.347 e. The molecule has 0 fully saturated rings. The standard InChI is InChI=1S/C14H17BrClIO3/c1-5-11(13(18)20-14(2,3)4)19-12-7-9(16)8(15)6-10(12)17/h6-7,11H,5H2,1-4H3. The topological polar surface area (TPSA) is 35.5 Å². The van der Waals surface area contributed by atoms with Crippen molar-refractivity contribution in [1.82, 2.24) is 0 Å². The van der Waals surface area contributed by atoms with Crippen LogP contribution in [0.3, 0.4) is 0 Å². The van der Waals surface area contributed by atoms with E-state index >= 15 is 0 Å². The predicted octanol–water partition coefficient (Wildman–Crippen LogP) is 5.21.